The third-order valence-electron chi connectivity index (χ3n) is 15.6. The van der Waals surface area contributed by atoms with Crippen LogP contribution in [0.2, 0.25) is 0 Å². The molecule has 14 rings (SSSR count). The van der Waals surface area contributed by atoms with Crippen molar-refractivity contribution in [2.24, 2.45) is 0 Å². The Labute approximate surface area is 451 Å². The van der Waals surface area contributed by atoms with Gasteiger partial charge in [-0.05, 0) is 197 Å². The lowest BCUT2D eigenvalue weighted by atomic mass is 9.70. The fraction of sp³-hybridized carbons (Fsp3) is 0.0411. The summed E-state index contributed by atoms with van der Waals surface area (Å²) in [7, 11) is 0. The van der Waals surface area contributed by atoms with Gasteiger partial charge in [0.2, 0.25) is 0 Å². The normalized spacial score (nSPS) is 13.2. The highest BCUT2D eigenvalue weighted by molar-refractivity contribution is 5.99. The van der Waals surface area contributed by atoms with Gasteiger partial charge in [0.25, 0.3) is 0 Å². The van der Waals surface area contributed by atoms with Gasteiger partial charge in [0.15, 0.2) is 0 Å². The van der Waals surface area contributed by atoms with Crippen molar-refractivity contribution in [1.82, 2.24) is 0 Å². The van der Waals surface area contributed by atoms with E-state index < -0.39 is 5.41 Å². The second-order valence-electron chi connectivity index (χ2n) is 20.0. The average molecular weight is 987 g/mol. The van der Waals surface area contributed by atoms with E-state index in [0.29, 0.717) is 0 Å². The van der Waals surface area contributed by atoms with Gasteiger partial charge in [0.05, 0.1) is 5.41 Å². The molecule has 4 nitrogen and oxygen atoms in total. The van der Waals surface area contributed by atoms with Crippen molar-refractivity contribution in [1.29, 1.82) is 0 Å². The van der Waals surface area contributed by atoms with Crippen LogP contribution in [0, 0.1) is 0 Å². The number of anilines is 11. The third-order valence-corrected chi connectivity index (χ3v) is 15.6. The van der Waals surface area contributed by atoms with Crippen LogP contribution in [-0.2, 0) is 5.41 Å². The van der Waals surface area contributed by atoms with E-state index in [1.807, 2.05) is 0 Å². The van der Waals surface area contributed by atoms with E-state index in [1.54, 1.807) is 0 Å². The molecule has 0 unspecified atom stereocenters. The number of allylic oxidation sites excluding steroid dienone is 4. The molecule has 0 aliphatic heterocycles. The lowest BCUT2D eigenvalue weighted by molar-refractivity contribution is 0.792. The van der Waals surface area contributed by atoms with Crippen molar-refractivity contribution in [3.05, 3.63) is 331 Å². The standard InChI is InChI=1S/C73H54N4/c1-9-25-53(26-10-1)74(54-27-11-2-12-28-54)61-41-45-65-66-46-42-62(75(55-29-13-3-14-30-55)56-31-15-4-16-32-56)50-70(66)73(69(65)49-61)71-51-63(76(57-33-17-5-18-34-57)58-35-19-6-20-36-58)43-47-67(71)68-48-44-64(52-72(68)73)77(59-37-21-7-22-38-59)60-39-23-8-24-40-60/h1-23,25-39,41-52H,24,40H2. The van der Waals surface area contributed by atoms with Gasteiger partial charge in [0, 0.05) is 68.3 Å². The van der Waals surface area contributed by atoms with E-state index in [4.69, 9.17) is 0 Å². The summed E-state index contributed by atoms with van der Waals surface area (Å²) in [6.45, 7) is 0. The Kier molecular flexibility index (Phi) is 11.5. The number of para-hydroxylation sites is 7. The molecule has 0 amide bonds. The molecule has 3 aliphatic rings. The van der Waals surface area contributed by atoms with Crippen LogP contribution in [0.25, 0.3) is 22.3 Å². The molecular weight excluding hydrogens is 933 g/mol. The Bertz CT molecular complexity index is 3590. The monoisotopic (exact) mass is 986 g/mol. The van der Waals surface area contributed by atoms with E-state index in [2.05, 4.69) is 323 Å². The van der Waals surface area contributed by atoms with Crippen LogP contribution in [0.5, 0.6) is 0 Å². The number of nitrogens with zero attached hydrogens (tertiary/aromatic N) is 4. The second-order valence-corrected chi connectivity index (χ2v) is 20.0. The summed E-state index contributed by atoms with van der Waals surface area (Å²) in [6.07, 6.45) is 8.72. The predicted molar refractivity (Wildman–Crippen MR) is 322 cm³/mol. The molecule has 0 saturated heterocycles. The molecule has 0 fully saturated rings. The largest absolute Gasteiger partial charge is 0.314 e. The van der Waals surface area contributed by atoms with Gasteiger partial charge in [-0.15, -0.1) is 0 Å². The summed E-state index contributed by atoms with van der Waals surface area (Å²) >= 11 is 0. The number of hydrogen-bond donors (Lipinski definition) is 0. The molecule has 4 heteroatoms. The smallest absolute Gasteiger partial charge is 0.0728 e. The minimum Gasteiger partial charge on any atom is -0.314 e. The number of rotatable bonds is 12. The fourth-order valence-electron chi connectivity index (χ4n) is 12.4. The van der Waals surface area contributed by atoms with Crippen LogP contribution >= 0.6 is 0 Å². The van der Waals surface area contributed by atoms with Crippen LogP contribution in [0.3, 0.4) is 0 Å². The summed E-state index contributed by atoms with van der Waals surface area (Å²) in [5, 5.41) is 0. The maximum atomic E-state index is 2.53. The van der Waals surface area contributed by atoms with E-state index in [0.717, 1.165) is 75.4 Å². The number of hydrogen-bond acceptors (Lipinski definition) is 4. The highest BCUT2D eigenvalue weighted by atomic mass is 15.2. The maximum Gasteiger partial charge on any atom is 0.0728 e. The SMILES string of the molecule is C1=CCCC(N(c2ccccc2)c2ccc3c(c2)C2(c4cc(N(c5ccccc5)c5ccccc5)ccc4-3)c3cc(N(c4ccccc4)c4ccccc4)ccc3-c3ccc(N(c4ccccc4)c4ccccc4)cc32)=C1. The van der Waals surface area contributed by atoms with E-state index in [9.17, 15) is 0 Å². The number of benzene rings is 11. The van der Waals surface area contributed by atoms with Crippen molar-refractivity contribution >= 4 is 62.6 Å². The molecule has 366 valence electrons. The lowest BCUT2D eigenvalue weighted by Crippen LogP contribution is -2.27. The van der Waals surface area contributed by atoms with Crippen LogP contribution < -0.4 is 19.6 Å². The second kappa shape index (κ2) is 19.4. The van der Waals surface area contributed by atoms with Crippen molar-refractivity contribution in [2.45, 2.75) is 18.3 Å². The highest BCUT2D eigenvalue weighted by Gasteiger charge is 2.53. The molecule has 0 bridgehead atoms. The van der Waals surface area contributed by atoms with E-state index in [-0.39, 0.29) is 0 Å². The van der Waals surface area contributed by atoms with Gasteiger partial charge in [0.1, 0.15) is 0 Å². The summed E-state index contributed by atoms with van der Waals surface area (Å²) in [6, 6.07) is 105. The molecule has 0 atom stereocenters. The van der Waals surface area contributed by atoms with Crippen molar-refractivity contribution in [3.8, 4) is 22.3 Å². The van der Waals surface area contributed by atoms with Gasteiger partial charge >= 0.3 is 0 Å². The minimum absolute atomic E-state index is 0.798. The van der Waals surface area contributed by atoms with Crippen molar-refractivity contribution < 1.29 is 0 Å². The summed E-state index contributed by atoms with van der Waals surface area (Å²) in [5.41, 5.74) is 22.5. The molecule has 0 radical (unpaired) electrons. The molecule has 0 heterocycles. The Balaban J connectivity index is 1.10. The topological polar surface area (TPSA) is 13.0 Å². The Morgan fingerprint density at radius 2 is 0.494 bits per heavy atom. The zero-order valence-corrected chi connectivity index (χ0v) is 42.6. The summed E-state index contributed by atoms with van der Waals surface area (Å²) in [4.78, 5) is 9.71. The first-order chi connectivity index (χ1) is 38.2. The van der Waals surface area contributed by atoms with E-state index >= 15 is 0 Å². The Morgan fingerprint density at radius 3 is 0.740 bits per heavy atom. The minimum atomic E-state index is -0.798. The maximum absolute atomic E-state index is 2.53. The quantitative estimate of drug-likeness (QED) is 0.121. The predicted octanol–water partition coefficient (Wildman–Crippen LogP) is 19.8. The molecule has 0 N–H and O–H groups in total. The molecule has 11 aromatic rings. The molecule has 11 aromatic carbocycles. The van der Waals surface area contributed by atoms with Crippen LogP contribution in [0.4, 0.5) is 62.6 Å². The zero-order chi connectivity index (χ0) is 51.1. The lowest BCUT2D eigenvalue weighted by Gasteiger charge is -2.35. The van der Waals surface area contributed by atoms with Crippen molar-refractivity contribution in [2.75, 3.05) is 19.6 Å². The van der Waals surface area contributed by atoms with Gasteiger partial charge < -0.3 is 19.6 Å². The van der Waals surface area contributed by atoms with E-state index in [1.165, 1.54) is 50.2 Å². The third kappa shape index (κ3) is 7.84. The number of fused-ring (bicyclic) bond motifs is 10. The van der Waals surface area contributed by atoms with Crippen LogP contribution in [-0.4, -0.2) is 0 Å². The summed E-state index contributed by atoms with van der Waals surface area (Å²) in [5.74, 6) is 0. The Hall–Kier alpha value is -9.90. The summed E-state index contributed by atoms with van der Waals surface area (Å²) < 4.78 is 0. The van der Waals surface area contributed by atoms with Crippen molar-refractivity contribution in [3.63, 3.8) is 0 Å². The van der Waals surface area contributed by atoms with Crippen LogP contribution in [0.1, 0.15) is 35.1 Å². The molecule has 1 spiro atoms. The first kappa shape index (κ1) is 45.7. The molecule has 3 aliphatic carbocycles. The highest BCUT2D eigenvalue weighted by Crippen LogP contribution is 2.65. The molecule has 0 aromatic heterocycles. The van der Waals surface area contributed by atoms with Gasteiger partial charge in [-0.3, -0.25) is 0 Å². The Morgan fingerprint density at radius 1 is 0.247 bits per heavy atom. The molecule has 77 heavy (non-hydrogen) atoms. The van der Waals surface area contributed by atoms with Gasteiger partial charge in [-0.1, -0.05) is 164 Å². The molecule has 0 saturated carbocycles. The van der Waals surface area contributed by atoms with Gasteiger partial charge in [-0.2, -0.15) is 0 Å². The fourth-order valence-corrected chi connectivity index (χ4v) is 12.4. The van der Waals surface area contributed by atoms with Gasteiger partial charge in [-0.25, -0.2) is 0 Å². The average Bonchev–Trinajstić information content (AvgIpc) is 4.00. The van der Waals surface area contributed by atoms with Crippen LogP contribution in [0.15, 0.2) is 309 Å². The first-order valence-electron chi connectivity index (χ1n) is 26.7. The zero-order valence-electron chi connectivity index (χ0n) is 42.6. The molecular formula is C73H54N4. The first-order valence-corrected chi connectivity index (χ1v) is 26.7.